The minimum Gasteiger partial charge on any atom is -1.00 e. The number of hydrogen-bond donors (Lipinski definition) is 3. The third-order valence-corrected chi connectivity index (χ3v) is 1.02. The maximum absolute atomic E-state index is 10.1. The van der Waals surface area contributed by atoms with Crippen molar-refractivity contribution in [1.29, 1.82) is 0 Å². The van der Waals surface area contributed by atoms with Gasteiger partial charge in [0.15, 0.2) is 0 Å². The number of nitrogens with two attached hydrogens (primary N) is 2. The quantitative estimate of drug-likeness (QED) is 0.330. The van der Waals surface area contributed by atoms with Crippen LogP contribution in [0.15, 0.2) is 0 Å². The smallest absolute Gasteiger partial charge is 1.00 e. The van der Waals surface area contributed by atoms with Gasteiger partial charge in [0.25, 0.3) is 0 Å². The van der Waals surface area contributed by atoms with Gasteiger partial charge >= 0.3 is 65.1 Å². The van der Waals surface area contributed by atoms with Crippen LogP contribution in [0, 0.1) is 0 Å². The molecular formula is C5H10Cl2FN2Na2O6P-2. The fourth-order valence-corrected chi connectivity index (χ4v) is 0.421. The van der Waals surface area contributed by atoms with Gasteiger partial charge in [-0.25, -0.2) is 4.20 Å². The predicted octanol–water partition coefficient (Wildman–Crippen LogP) is -14.5. The topological polar surface area (TPSA) is 170 Å². The van der Waals surface area contributed by atoms with Crippen molar-refractivity contribution in [1.82, 2.24) is 0 Å². The van der Waals surface area contributed by atoms with E-state index in [1.807, 2.05) is 0 Å². The normalized spacial score (nSPS) is 9.68. The molecule has 1 atom stereocenters. The number of hydrogen-bond acceptors (Lipinski definition) is 6. The zero-order valence-electron chi connectivity index (χ0n) is 10.2. The molecule has 0 heterocycles. The van der Waals surface area contributed by atoms with E-state index in [-0.39, 0.29) is 96.8 Å². The van der Waals surface area contributed by atoms with Crippen LogP contribution in [0.2, 0.25) is 0 Å². The van der Waals surface area contributed by atoms with E-state index in [0.29, 0.717) is 0 Å². The van der Waals surface area contributed by atoms with Crippen molar-refractivity contribution in [3.05, 3.63) is 0 Å². The standard InChI is InChI=1S/C5H10N2O3.2ClH.FH2O3P.2Na/c6-3(5(9)10)1-2-4(7)8;;;1-5(2,3)4;;/h3H,1-2,6H2,(H2,7,8)(H,9,10);2*1H;(H2,2,3,4);;/q;;;;2*+1/p-4/t3-;;;;;/m0...../s1. The van der Waals surface area contributed by atoms with E-state index >= 15 is 0 Å². The van der Waals surface area contributed by atoms with Gasteiger partial charge in [0, 0.05) is 6.42 Å². The second-order valence-electron chi connectivity index (χ2n) is 2.38. The van der Waals surface area contributed by atoms with Crippen LogP contribution in [0.4, 0.5) is 4.20 Å². The van der Waals surface area contributed by atoms with Crippen LogP contribution < -0.4 is 105 Å². The fourth-order valence-electron chi connectivity index (χ4n) is 0.421. The Morgan fingerprint density at radius 2 is 1.53 bits per heavy atom. The van der Waals surface area contributed by atoms with E-state index < -0.39 is 25.8 Å². The van der Waals surface area contributed by atoms with Gasteiger partial charge in [-0.15, -0.1) is 0 Å². The molecule has 0 saturated carbocycles. The van der Waals surface area contributed by atoms with Gasteiger partial charge in [-0.05, 0) is 6.42 Å². The van der Waals surface area contributed by atoms with Gasteiger partial charge in [-0.3, -0.25) is 9.59 Å². The van der Waals surface area contributed by atoms with Crippen molar-refractivity contribution in [2.75, 3.05) is 0 Å². The number of amides is 1. The number of carbonyl (C=O) groups is 2. The first-order valence-corrected chi connectivity index (χ1v) is 4.95. The SMILES string of the molecule is NC(=O)CC[C@H](N)C(=O)O.O=P([O-])([O-])F.[Cl-].[Cl-].[Na+].[Na+]. The number of aliphatic carboxylic acids is 1. The molecule has 0 spiro atoms. The molecule has 0 saturated heterocycles. The summed E-state index contributed by atoms with van der Waals surface area (Å²) in [5, 5.41) is 8.22. The Morgan fingerprint density at radius 1 is 1.26 bits per heavy atom. The first-order chi connectivity index (χ1) is 6.54. The zero-order valence-corrected chi connectivity index (χ0v) is 16.6. The predicted molar refractivity (Wildman–Crippen MR) is 42.8 cm³/mol. The van der Waals surface area contributed by atoms with Crippen LogP contribution in [0.1, 0.15) is 12.8 Å². The number of carboxylic acid groups (broad SMARTS) is 1. The van der Waals surface area contributed by atoms with Crippen LogP contribution in [-0.4, -0.2) is 23.0 Å². The Morgan fingerprint density at radius 3 is 1.68 bits per heavy atom. The van der Waals surface area contributed by atoms with Crippen LogP contribution in [0.25, 0.3) is 0 Å². The fraction of sp³-hybridized carbons (Fsp3) is 0.600. The molecule has 0 fully saturated rings. The second-order valence-corrected chi connectivity index (χ2v) is 3.24. The molecule has 0 aliphatic carbocycles. The molecule has 0 aromatic heterocycles. The molecule has 0 unspecified atom stereocenters. The summed E-state index contributed by atoms with van der Waals surface area (Å²) in [6, 6.07) is -0.979. The zero-order chi connectivity index (χ0) is 12.6. The minimum atomic E-state index is -5.64. The van der Waals surface area contributed by atoms with Crippen molar-refractivity contribution in [3.63, 3.8) is 0 Å². The van der Waals surface area contributed by atoms with Gasteiger partial charge in [-0.1, -0.05) is 0 Å². The van der Waals surface area contributed by atoms with Gasteiger partial charge < -0.3 is 55.7 Å². The largest absolute Gasteiger partial charge is 1.00 e. The van der Waals surface area contributed by atoms with Crippen molar-refractivity contribution in [3.8, 4) is 0 Å². The van der Waals surface area contributed by atoms with Gasteiger partial charge in [0.05, 0.1) is 0 Å². The van der Waals surface area contributed by atoms with Crippen molar-refractivity contribution in [2.45, 2.75) is 18.9 Å². The summed E-state index contributed by atoms with van der Waals surface area (Å²) >= 11 is 0. The minimum absolute atomic E-state index is 0. The first kappa shape index (κ1) is 37.1. The third kappa shape index (κ3) is 54.1. The molecule has 0 aromatic rings. The molecule has 14 heteroatoms. The summed E-state index contributed by atoms with van der Waals surface area (Å²) in [5.74, 6) is -1.64. The summed E-state index contributed by atoms with van der Waals surface area (Å²) < 4.78 is 18.6. The summed E-state index contributed by atoms with van der Waals surface area (Å²) in [6.07, 6.45) is 0.123. The third-order valence-electron chi connectivity index (χ3n) is 1.02. The van der Waals surface area contributed by atoms with Crippen LogP contribution >= 0.6 is 7.91 Å². The Bertz CT molecular complexity index is 276. The van der Waals surface area contributed by atoms with Gasteiger partial charge in [0.2, 0.25) is 5.91 Å². The molecule has 1 amide bonds. The van der Waals surface area contributed by atoms with Crippen molar-refractivity contribution < 1.29 is 117 Å². The first-order valence-electron chi connectivity index (χ1n) is 3.52. The summed E-state index contributed by atoms with van der Waals surface area (Å²) in [6.45, 7) is 0. The Hall–Kier alpha value is 1.56. The van der Waals surface area contributed by atoms with Crippen molar-refractivity contribution >= 4 is 19.8 Å². The van der Waals surface area contributed by atoms with E-state index in [0.717, 1.165) is 0 Å². The van der Waals surface area contributed by atoms with E-state index in [4.69, 9.17) is 30.9 Å². The van der Waals surface area contributed by atoms with E-state index in [1.54, 1.807) is 0 Å². The average Bonchev–Trinajstić information content (AvgIpc) is 1.96. The van der Waals surface area contributed by atoms with Gasteiger partial charge in [0.1, 0.15) is 13.9 Å². The number of carboxylic acids is 1. The average molecular weight is 361 g/mol. The number of carbonyl (C=O) groups excluding carboxylic acids is 1. The number of halogens is 3. The Balaban J connectivity index is -0.0000000418. The number of rotatable bonds is 4. The number of primary amides is 1. The van der Waals surface area contributed by atoms with E-state index in [9.17, 15) is 13.8 Å². The summed E-state index contributed by atoms with van der Waals surface area (Å²) in [5.41, 5.74) is 9.81. The molecule has 0 rings (SSSR count). The molecule has 8 nitrogen and oxygen atoms in total. The maximum Gasteiger partial charge on any atom is 1.00 e. The van der Waals surface area contributed by atoms with Crippen molar-refractivity contribution in [2.24, 2.45) is 11.5 Å². The van der Waals surface area contributed by atoms with Crippen LogP contribution in [0.3, 0.4) is 0 Å². The molecule has 0 aromatic carbocycles. The molecule has 0 aliphatic rings. The monoisotopic (exact) mass is 360 g/mol. The molecular weight excluding hydrogens is 351 g/mol. The van der Waals surface area contributed by atoms with E-state index in [1.165, 1.54) is 0 Å². The molecule has 0 aliphatic heterocycles. The van der Waals surface area contributed by atoms with Crippen LogP contribution in [0.5, 0.6) is 0 Å². The van der Waals surface area contributed by atoms with E-state index in [2.05, 4.69) is 0 Å². The second kappa shape index (κ2) is 19.6. The molecule has 0 radical (unpaired) electrons. The Labute approximate surface area is 165 Å². The van der Waals surface area contributed by atoms with Gasteiger partial charge in [-0.2, -0.15) is 0 Å². The maximum atomic E-state index is 10.1. The summed E-state index contributed by atoms with van der Waals surface area (Å²) in [7, 11) is -5.64. The summed E-state index contributed by atoms with van der Waals surface area (Å²) in [4.78, 5) is 37.0. The molecule has 0 bridgehead atoms. The van der Waals surface area contributed by atoms with Crippen LogP contribution in [-0.2, 0) is 14.2 Å². The molecule has 106 valence electrons. The molecule has 5 N–H and O–H groups in total. The molecule has 19 heavy (non-hydrogen) atoms. The Kier molecular flexibility index (Phi) is 38.2.